The summed E-state index contributed by atoms with van der Waals surface area (Å²) in [5, 5.41) is 13.3. The lowest BCUT2D eigenvalue weighted by Gasteiger charge is -2.02. The van der Waals surface area contributed by atoms with Gasteiger partial charge in [-0.05, 0) is 6.42 Å². The molecule has 0 amide bonds. The van der Waals surface area contributed by atoms with E-state index < -0.39 is 5.97 Å². The number of unbranched alkanes of at least 4 members (excludes halogenated alkanes) is 5. The standard InChI is InChI=1S/C19H26N2O2S/c1-2-3-4-5-6-10-13-20-19-21-18(15-11-8-7-9-12-15)16(24-19)14-17(22)23/h7-9,11-12H,2-6,10,13-14H2,1H3,(H,20,21)(H,22,23). The lowest BCUT2D eigenvalue weighted by molar-refractivity contribution is -0.136. The highest BCUT2D eigenvalue weighted by molar-refractivity contribution is 7.16. The van der Waals surface area contributed by atoms with Crippen LogP contribution < -0.4 is 5.32 Å². The summed E-state index contributed by atoms with van der Waals surface area (Å²) in [7, 11) is 0. The minimum Gasteiger partial charge on any atom is -0.481 e. The Hall–Kier alpha value is -1.88. The highest BCUT2D eigenvalue weighted by Gasteiger charge is 2.15. The molecule has 0 saturated heterocycles. The topological polar surface area (TPSA) is 62.2 Å². The zero-order valence-electron chi connectivity index (χ0n) is 14.3. The number of benzene rings is 1. The van der Waals surface area contributed by atoms with Crippen LogP contribution in [0.5, 0.6) is 0 Å². The van der Waals surface area contributed by atoms with E-state index in [1.165, 1.54) is 43.4 Å². The van der Waals surface area contributed by atoms with Gasteiger partial charge in [0, 0.05) is 17.0 Å². The predicted molar refractivity (Wildman–Crippen MR) is 101 cm³/mol. The molecule has 0 bridgehead atoms. The number of thiazole rings is 1. The number of nitrogens with one attached hydrogen (secondary N) is 1. The van der Waals surface area contributed by atoms with Crippen LogP contribution in [0.3, 0.4) is 0 Å². The molecule has 0 radical (unpaired) electrons. The fraction of sp³-hybridized carbons (Fsp3) is 0.474. The van der Waals surface area contributed by atoms with Crippen molar-refractivity contribution in [3.63, 3.8) is 0 Å². The van der Waals surface area contributed by atoms with Gasteiger partial charge in [0.15, 0.2) is 5.13 Å². The molecule has 4 nitrogen and oxygen atoms in total. The van der Waals surface area contributed by atoms with E-state index in [1.807, 2.05) is 30.3 Å². The van der Waals surface area contributed by atoms with E-state index in [9.17, 15) is 4.79 Å². The molecule has 130 valence electrons. The zero-order valence-corrected chi connectivity index (χ0v) is 15.1. The number of anilines is 1. The number of rotatable bonds is 11. The number of carbonyl (C=O) groups is 1. The van der Waals surface area contributed by atoms with Gasteiger partial charge in [0.05, 0.1) is 12.1 Å². The van der Waals surface area contributed by atoms with Crippen molar-refractivity contribution in [3.8, 4) is 11.3 Å². The van der Waals surface area contributed by atoms with Gasteiger partial charge in [0.1, 0.15) is 0 Å². The number of aliphatic carboxylic acids is 1. The van der Waals surface area contributed by atoms with Crippen LogP contribution in [0.4, 0.5) is 5.13 Å². The first-order valence-corrected chi connectivity index (χ1v) is 9.53. The second-order valence-corrected chi connectivity index (χ2v) is 7.01. The van der Waals surface area contributed by atoms with Crippen LogP contribution in [0.1, 0.15) is 50.3 Å². The van der Waals surface area contributed by atoms with Crippen molar-refractivity contribution in [2.45, 2.75) is 51.9 Å². The Morgan fingerprint density at radius 3 is 2.54 bits per heavy atom. The molecule has 0 aliphatic carbocycles. The van der Waals surface area contributed by atoms with Crippen molar-refractivity contribution < 1.29 is 9.90 Å². The quantitative estimate of drug-likeness (QED) is 0.548. The van der Waals surface area contributed by atoms with Crippen molar-refractivity contribution >= 4 is 22.4 Å². The van der Waals surface area contributed by atoms with E-state index in [-0.39, 0.29) is 6.42 Å². The second-order valence-electron chi connectivity index (χ2n) is 5.92. The zero-order chi connectivity index (χ0) is 17.2. The molecule has 2 N–H and O–H groups in total. The van der Waals surface area contributed by atoms with Crippen molar-refractivity contribution in [2.75, 3.05) is 11.9 Å². The molecular weight excluding hydrogens is 320 g/mol. The largest absolute Gasteiger partial charge is 0.481 e. The summed E-state index contributed by atoms with van der Waals surface area (Å²) in [5.74, 6) is -0.821. The van der Waals surface area contributed by atoms with E-state index >= 15 is 0 Å². The minimum atomic E-state index is -0.821. The molecule has 1 heterocycles. The van der Waals surface area contributed by atoms with Gasteiger partial charge in [-0.15, -0.1) is 11.3 Å². The van der Waals surface area contributed by atoms with Crippen LogP contribution in [0.15, 0.2) is 30.3 Å². The van der Waals surface area contributed by atoms with Gasteiger partial charge in [-0.3, -0.25) is 4.79 Å². The fourth-order valence-corrected chi connectivity index (χ4v) is 3.61. The van der Waals surface area contributed by atoms with Gasteiger partial charge in [0.25, 0.3) is 0 Å². The second kappa shape index (κ2) is 10.1. The molecule has 1 aromatic heterocycles. The van der Waals surface area contributed by atoms with Gasteiger partial charge < -0.3 is 10.4 Å². The number of carboxylic acid groups (broad SMARTS) is 1. The van der Waals surface area contributed by atoms with Gasteiger partial charge in [-0.2, -0.15) is 0 Å². The third kappa shape index (κ3) is 5.96. The number of aromatic nitrogens is 1. The maximum Gasteiger partial charge on any atom is 0.308 e. The molecule has 0 aliphatic heterocycles. The average molecular weight is 346 g/mol. The normalized spacial score (nSPS) is 10.7. The molecule has 1 aromatic carbocycles. The van der Waals surface area contributed by atoms with Gasteiger partial charge in [-0.25, -0.2) is 4.98 Å². The maximum atomic E-state index is 11.1. The summed E-state index contributed by atoms with van der Waals surface area (Å²) in [4.78, 5) is 16.5. The van der Waals surface area contributed by atoms with E-state index in [1.54, 1.807) is 0 Å². The first-order chi connectivity index (χ1) is 11.7. The molecule has 2 rings (SSSR count). The number of hydrogen-bond acceptors (Lipinski definition) is 4. The monoisotopic (exact) mass is 346 g/mol. The van der Waals surface area contributed by atoms with Crippen LogP contribution in [0, 0.1) is 0 Å². The number of carboxylic acids is 1. The Bertz CT molecular complexity index is 626. The molecule has 0 atom stereocenters. The summed E-state index contributed by atoms with van der Waals surface area (Å²) in [5.41, 5.74) is 1.76. The lowest BCUT2D eigenvalue weighted by Crippen LogP contribution is -2.00. The van der Waals surface area contributed by atoms with E-state index in [2.05, 4.69) is 17.2 Å². The molecule has 0 unspecified atom stereocenters. The van der Waals surface area contributed by atoms with Crippen molar-refractivity contribution in [3.05, 3.63) is 35.2 Å². The summed E-state index contributed by atoms with van der Waals surface area (Å²) in [6.07, 6.45) is 7.55. The number of nitrogens with zero attached hydrogens (tertiary/aromatic N) is 1. The van der Waals surface area contributed by atoms with Gasteiger partial charge in [0.2, 0.25) is 0 Å². The Labute approximate surface area is 148 Å². The van der Waals surface area contributed by atoms with Crippen LogP contribution in [-0.4, -0.2) is 22.6 Å². The van der Waals surface area contributed by atoms with Crippen LogP contribution in [-0.2, 0) is 11.2 Å². The van der Waals surface area contributed by atoms with E-state index in [0.29, 0.717) is 0 Å². The predicted octanol–water partition coefficient (Wildman–Crippen LogP) is 5.21. The molecule has 0 spiro atoms. The summed E-state index contributed by atoms with van der Waals surface area (Å²) in [6.45, 7) is 3.11. The summed E-state index contributed by atoms with van der Waals surface area (Å²) in [6, 6.07) is 9.78. The lowest BCUT2D eigenvalue weighted by atomic mass is 10.1. The molecule has 0 aliphatic rings. The fourth-order valence-electron chi connectivity index (χ4n) is 2.61. The minimum absolute atomic E-state index is 0.0145. The highest BCUT2D eigenvalue weighted by atomic mass is 32.1. The summed E-state index contributed by atoms with van der Waals surface area (Å²) >= 11 is 1.45. The first-order valence-electron chi connectivity index (χ1n) is 8.71. The molecule has 0 fully saturated rings. The molecule has 5 heteroatoms. The van der Waals surface area contributed by atoms with Crippen LogP contribution in [0.25, 0.3) is 11.3 Å². The van der Waals surface area contributed by atoms with E-state index in [4.69, 9.17) is 5.11 Å². The molecule has 2 aromatic rings. The maximum absolute atomic E-state index is 11.1. The van der Waals surface area contributed by atoms with Gasteiger partial charge in [-0.1, -0.05) is 69.4 Å². The Morgan fingerprint density at radius 2 is 1.83 bits per heavy atom. The first kappa shape index (κ1) is 18.5. The van der Waals surface area contributed by atoms with Crippen LogP contribution >= 0.6 is 11.3 Å². The molecule has 0 saturated carbocycles. The Morgan fingerprint density at radius 1 is 1.12 bits per heavy atom. The van der Waals surface area contributed by atoms with E-state index in [0.717, 1.165) is 34.2 Å². The average Bonchev–Trinajstić information content (AvgIpc) is 2.97. The molecular formula is C19H26N2O2S. The Kier molecular flexibility index (Phi) is 7.75. The third-order valence-electron chi connectivity index (χ3n) is 3.86. The van der Waals surface area contributed by atoms with Crippen molar-refractivity contribution in [1.29, 1.82) is 0 Å². The number of hydrogen-bond donors (Lipinski definition) is 2. The SMILES string of the molecule is CCCCCCCCNc1nc(-c2ccccc2)c(CC(=O)O)s1. The van der Waals surface area contributed by atoms with Gasteiger partial charge >= 0.3 is 5.97 Å². The molecule has 24 heavy (non-hydrogen) atoms. The smallest absolute Gasteiger partial charge is 0.308 e. The van der Waals surface area contributed by atoms with Crippen molar-refractivity contribution in [2.24, 2.45) is 0 Å². The third-order valence-corrected chi connectivity index (χ3v) is 4.88. The van der Waals surface area contributed by atoms with Crippen LogP contribution in [0.2, 0.25) is 0 Å². The summed E-state index contributed by atoms with van der Waals surface area (Å²) < 4.78 is 0. The van der Waals surface area contributed by atoms with Crippen molar-refractivity contribution in [1.82, 2.24) is 4.98 Å². The Balaban J connectivity index is 1.93. The highest BCUT2D eigenvalue weighted by Crippen LogP contribution is 2.31.